The van der Waals surface area contributed by atoms with Crippen LogP contribution in [-0.2, 0) is 4.79 Å². The Morgan fingerprint density at radius 3 is 2.70 bits per heavy atom. The number of aromatic nitrogens is 1. The van der Waals surface area contributed by atoms with Gasteiger partial charge < -0.3 is 13.9 Å². The van der Waals surface area contributed by atoms with E-state index in [0.29, 0.717) is 11.1 Å². The molecule has 0 amide bonds. The number of nitro groups is 1. The minimum Gasteiger partial charge on any atom is -0.477 e. The van der Waals surface area contributed by atoms with E-state index >= 15 is 0 Å². The van der Waals surface area contributed by atoms with Crippen molar-refractivity contribution in [3.63, 3.8) is 0 Å². The summed E-state index contributed by atoms with van der Waals surface area (Å²) in [5.74, 6) is -1.64. The number of para-hydroxylation sites is 2. The van der Waals surface area contributed by atoms with Crippen LogP contribution < -0.4 is 0 Å². The van der Waals surface area contributed by atoms with Crippen LogP contribution in [0.1, 0.15) is 5.76 Å². The molecule has 0 bridgehead atoms. The number of carboxylic acids is 1. The first-order valence-electron chi connectivity index (χ1n) is 6.25. The average Bonchev–Trinajstić information content (AvgIpc) is 3.12. The maximum Gasteiger partial charge on any atom is 0.433 e. The van der Waals surface area contributed by atoms with Gasteiger partial charge in [0.1, 0.15) is 21.1 Å². The van der Waals surface area contributed by atoms with Crippen molar-refractivity contribution in [2.45, 2.75) is 5.22 Å². The van der Waals surface area contributed by atoms with Gasteiger partial charge in [-0.15, -0.1) is 0 Å². The highest BCUT2D eigenvalue weighted by atomic mass is 32.2. The third kappa shape index (κ3) is 3.24. The van der Waals surface area contributed by atoms with E-state index in [-0.39, 0.29) is 15.9 Å². The molecule has 2 heterocycles. The lowest BCUT2D eigenvalue weighted by Crippen LogP contribution is -1.96. The second kappa shape index (κ2) is 5.97. The molecule has 0 atom stereocenters. The highest BCUT2D eigenvalue weighted by Crippen LogP contribution is 2.31. The predicted molar refractivity (Wildman–Crippen MR) is 80.8 cm³/mol. The van der Waals surface area contributed by atoms with Crippen molar-refractivity contribution in [2.24, 2.45) is 0 Å². The Balaban J connectivity index is 1.90. The molecule has 3 rings (SSSR count). The molecule has 0 saturated carbocycles. The summed E-state index contributed by atoms with van der Waals surface area (Å²) in [7, 11) is 0. The Labute approximate surface area is 132 Å². The van der Waals surface area contributed by atoms with Gasteiger partial charge in [0.15, 0.2) is 5.58 Å². The van der Waals surface area contributed by atoms with Crippen LogP contribution in [0.4, 0.5) is 5.88 Å². The number of furan rings is 1. The molecule has 0 unspecified atom stereocenters. The molecule has 0 aliphatic heterocycles. The smallest absolute Gasteiger partial charge is 0.433 e. The van der Waals surface area contributed by atoms with Crippen LogP contribution in [0.25, 0.3) is 17.2 Å². The number of nitrogens with zero attached hydrogens (tertiary/aromatic N) is 2. The molecule has 8 nitrogen and oxygen atoms in total. The number of carbonyl (C=O) groups is 1. The summed E-state index contributed by atoms with van der Waals surface area (Å²) < 4.78 is 10.4. The monoisotopic (exact) mass is 332 g/mol. The van der Waals surface area contributed by atoms with E-state index in [0.717, 1.165) is 17.8 Å². The molecule has 9 heteroatoms. The fourth-order valence-electron chi connectivity index (χ4n) is 1.77. The molecule has 3 aromatic rings. The van der Waals surface area contributed by atoms with Crippen LogP contribution in [0.2, 0.25) is 0 Å². The van der Waals surface area contributed by atoms with Crippen LogP contribution in [0, 0.1) is 10.1 Å². The van der Waals surface area contributed by atoms with Gasteiger partial charge in [-0.2, -0.15) is 0 Å². The number of aliphatic carboxylic acids is 1. The van der Waals surface area contributed by atoms with Gasteiger partial charge in [0, 0.05) is 6.08 Å². The fourth-order valence-corrected chi connectivity index (χ4v) is 2.50. The van der Waals surface area contributed by atoms with Gasteiger partial charge in [-0.1, -0.05) is 12.1 Å². The maximum absolute atomic E-state index is 11.3. The summed E-state index contributed by atoms with van der Waals surface area (Å²) in [4.78, 5) is 25.2. The van der Waals surface area contributed by atoms with Crippen molar-refractivity contribution in [2.75, 3.05) is 0 Å². The largest absolute Gasteiger partial charge is 0.477 e. The van der Waals surface area contributed by atoms with Crippen LogP contribution in [0.15, 0.2) is 55.4 Å². The Bertz CT molecular complexity index is 893. The number of hydrogen-bond donors (Lipinski definition) is 1. The predicted octanol–water partition coefficient (Wildman–Crippen LogP) is 3.55. The van der Waals surface area contributed by atoms with Crippen molar-refractivity contribution in [1.82, 2.24) is 4.98 Å². The molecule has 0 aliphatic rings. The summed E-state index contributed by atoms with van der Waals surface area (Å²) in [6, 6.07) is 9.48. The first-order chi connectivity index (χ1) is 11.0. The molecule has 0 spiro atoms. The third-order valence-electron chi connectivity index (χ3n) is 2.75. The topological polar surface area (TPSA) is 120 Å². The number of carboxylic acid groups (broad SMARTS) is 1. The molecule has 2 aromatic heterocycles. The van der Waals surface area contributed by atoms with E-state index in [1.807, 2.05) is 0 Å². The van der Waals surface area contributed by atoms with E-state index in [1.54, 1.807) is 24.3 Å². The minimum atomic E-state index is -1.23. The van der Waals surface area contributed by atoms with Crippen LogP contribution >= 0.6 is 11.8 Å². The molecule has 1 N–H and O–H groups in total. The summed E-state index contributed by atoms with van der Waals surface area (Å²) in [6.07, 6.45) is 1.18. The number of oxazole rings is 1. The van der Waals surface area contributed by atoms with Gasteiger partial charge in [-0.25, -0.2) is 9.78 Å². The number of hydrogen-bond acceptors (Lipinski definition) is 7. The van der Waals surface area contributed by atoms with Crippen molar-refractivity contribution in [1.29, 1.82) is 0 Å². The Morgan fingerprint density at radius 2 is 2.04 bits per heavy atom. The zero-order valence-corrected chi connectivity index (χ0v) is 12.1. The summed E-state index contributed by atoms with van der Waals surface area (Å²) in [5, 5.41) is 20.0. The standard InChI is InChI=1S/C14H8N2O6S/c17-13(18)11(7-8-5-6-12(21-8)16(19)20)23-14-15-9-3-1-2-4-10(9)22-14/h1-7H,(H,17,18)/b11-7-. The zero-order chi connectivity index (χ0) is 16.4. The van der Waals surface area contributed by atoms with E-state index in [1.165, 1.54) is 12.1 Å². The van der Waals surface area contributed by atoms with Crippen LogP contribution in [0.5, 0.6) is 0 Å². The molecule has 23 heavy (non-hydrogen) atoms. The zero-order valence-electron chi connectivity index (χ0n) is 11.3. The van der Waals surface area contributed by atoms with Crippen molar-refractivity contribution < 1.29 is 23.7 Å². The van der Waals surface area contributed by atoms with Gasteiger partial charge in [0.2, 0.25) is 0 Å². The number of fused-ring (bicyclic) bond motifs is 1. The number of rotatable bonds is 5. The lowest BCUT2D eigenvalue weighted by molar-refractivity contribution is -0.402. The Kier molecular flexibility index (Phi) is 3.85. The molecule has 0 aliphatic carbocycles. The SMILES string of the molecule is O=C(O)/C(=C/c1ccc([N+](=O)[O-])o1)Sc1nc2ccccc2o1. The van der Waals surface area contributed by atoms with Crippen LogP contribution in [-0.4, -0.2) is 21.0 Å². The highest BCUT2D eigenvalue weighted by Gasteiger charge is 2.17. The lowest BCUT2D eigenvalue weighted by atomic mass is 10.3. The Morgan fingerprint density at radius 1 is 1.26 bits per heavy atom. The Hall–Kier alpha value is -3.07. The average molecular weight is 332 g/mol. The number of thioether (sulfide) groups is 1. The van der Waals surface area contributed by atoms with Gasteiger partial charge in [0.05, 0.1) is 6.07 Å². The first-order valence-corrected chi connectivity index (χ1v) is 7.07. The second-order valence-corrected chi connectivity index (χ2v) is 5.29. The fraction of sp³-hybridized carbons (Fsp3) is 0. The summed E-state index contributed by atoms with van der Waals surface area (Å²) in [6.45, 7) is 0. The molecule has 116 valence electrons. The van der Waals surface area contributed by atoms with E-state index in [2.05, 4.69) is 4.98 Å². The van der Waals surface area contributed by atoms with Gasteiger partial charge in [0.25, 0.3) is 5.22 Å². The van der Waals surface area contributed by atoms with Crippen molar-refractivity contribution in [3.8, 4) is 0 Å². The molecular formula is C14H8N2O6S. The van der Waals surface area contributed by atoms with E-state index < -0.39 is 16.8 Å². The van der Waals surface area contributed by atoms with Crippen molar-refractivity contribution in [3.05, 3.63) is 57.2 Å². The second-order valence-electron chi connectivity index (χ2n) is 4.30. The molecule has 1 aromatic carbocycles. The quantitative estimate of drug-likeness (QED) is 0.326. The van der Waals surface area contributed by atoms with E-state index in [4.69, 9.17) is 8.83 Å². The molecular weight excluding hydrogens is 324 g/mol. The van der Waals surface area contributed by atoms with Crippen LogP contribution in [0.3, 0.4) is 0 Å². The lowest BCUT2D eigenvalue weighted by Gasteiger charge is -1.96. The summed E-state index contributed by atoms with van der Waals surface area (Å²) in [5.41, 5.74) is 1.14. The van der Waals surface area contributed by atoms with Gasteiger partial charge >= 0.3 is 11.9 Å². The first kappa shape index (κ1) is 14.9. The summed E-state index contributed by atoms with van der Waals surface area (Å²) >= 11 is 0.789. The van der Waals surface area contributed by atoms with Crippen molar-refractivity contribution >= 4 is 40.8 Å². The number of benzene rings is 1. The van der Waals surface area contributed by atoms with E-state index in [9.17, 15) is 20.0 Å². The molecule has 0 saturated heterocycles. The molecule has 0 radical (unpaired) electrons. The van der Waals surface area contributed by atoms with Gasteiger partial charge in [-0.3, -0.25) is 10.1 Å². The highest BCUT2D eigenvalue weighted by molar-refractivity contribution is 8.03. The minimum absolute atomic E-state index is 0.0534. The molecule has 0 fully saturated rings. The maximum atomic E-state index is 11.3. The normalized spacial score (nSPS) is 11.7. The third-order valence-corrected chi connectivity index (χ3v) is 3.61. The van der Waals surface area contributed by atoms with Gasteiger partial charge in [-0.05, 0) is 30.0 Å².